The minimum absolute atomic E-state index is 0.0517. The first-order valence-electron chi connectivity index (χ1n) is 9.32. The third-order valence-electron chi connectivity index (χ3n) is 5.74. The third kappa shape index (κ3) is 3.87. The summed E-state index contributed by atoms with van der Waals surface area (Å²) in [7, 11) is 0. The molecular formula is C18H30N2O3. The Morgan fingerprint density at radius 2 is 1.70 bits per heavy atom. The SMILES string of the molecule is CC(=O)N(C1CCC1)[C@@H]1CCCN(C(=O)[C@@H]2CCCOC2)CC1. The summed E-state index contributed by atoms with van der Waals surface area (Å²) in [6.45, 7) is 4.70. The molecule has 0 bridgehead atoms. The van der Waals surface area contributed by atoms with E-state index in [2.05, 4.69) is 4.90 Å². The second-order valence-electron chi connectivity index (χ2n) is 7.34. The maximum atomic E-state index is 12.7. The van der Waals surface area contributed by atoms with E-state index in [0.717, 1.165) is 64.6 Å². The van der Waals surface area contributed by atoms with Crippen LogP contribution in [-0.2, 0) is 14.3 Å². The Balaban J connectivity index is 1.57. The molecule has 0 spiro atoms. The highest BCUT2D eigenvalue weighted by atomic mass is 16.5. The molecule has 2 saturated heterocycles. The zero-order chi connectivity index (χ0) is 16.2. The molecular weight excluding hydrogens is 292 g/mol. The van der Waals surface area contributed by atoms with Crippen molar-refractivity contribution in [2.24, 2.45) is 5.92 Å². The average Bonchev–Trinajstić information content (AvgIpc) is 2.76. The highest BCUT2D eigenvalue weighted by molar-refractivity contribution is 5.79. The van der Waals surface area contributed by atoms with E-state index in [9.17, 15) is 9.59 Å². The Morgan fingerprint density at radius 1 is 0.957 bits per heavy atom. The molecule has 5 nitrogen and oxygen atoms in total. The molecule has 5 heteroatoms. The van der Waals surface area contributed by atoms with Gasteiger partial charge >= 0.3 is 0 Å². The molecule has 2 aliphatic heterocycles. The second-order valence-corrected chi connectivity index (χ2v) is 7.34. The summed E-state index contributed by atoms with van der Waals surface area (Å²) in [6.07, 6.45) is 8.45. The number of ether oxygens (including phenoxy) is 1. The van der Waals surface area contributed by atoms with Crippen molar-refractivity contribution in [3.05, 3.63) is 0 Å². The summed E-state index contributed by atoms with van der Waals surface area (Å²) in [4.78, 5) is 28.9. The Labute approximate surface area is 139 Å². The van der Waals surface area contributed by atoms with E-state index in [1.54, 1.807) is 6.92 Å². The number of carbonyl (C=O) groups is 2. The second kappa shape index (κ2) is 7.65. The first kappa shape index (κ1) is 16.7. The van der Waals surface area contributed by atoms with Crippen molar-refractivity contribution >= 4 is 11.8 Å². The fourth-order valence-corrected chi connectivity index (χ4v) is 4.25. The average molecular weight is 322 g/mol. The number of amides is 2. The molecule has 1 aliphatic carbocycles. The summed E-state index contributed by atoms with van der Waals surface area (Å²) in [5.41, 5.74) is 0. The lowest BCUT2D eigenvalue weighted by molar-refractivity contribution is -0.139. The standard InChI is InChI=1S/C18H30N2O3/c1-14(21)20(16-6-2-7-16)17-8-3-10-19(11-9-17)18(22)15-5-4-12-23-13-15/h15-17H,2-13H2,1H3/t15-,17-/m1/s1. The smallest absolute Gasteiger partial charge is 0.228 e. The van der Waals surface area contributed by atoms with E-state index in [1.807, 2.05) is 4.90 Å². The van der Waals surface area contributed by atoms with Crippen LogP contribution in [0.3, 0.4) is 0 Å². The van der Waals surface area contributed by atoms with E-state index in [4.69, 9.17) is 4.74 Å². The fraction of sp³-hybridized carbons (Fsp3) is 0.889. The van der Waals surface area contributed by atoms with Crippen molar-refractivity contribution in [1.29, 1.82) is 0 Å². The van der Waals surface area contributed by atoms with Gasteiger partial charge in [-0.1, -0.05) is 0 Å². The van der Waals surface area contributed by atoms with E-state index >= 15 is 0 Å². The van der Waals surface area contributed by atoms with Gasteiger partial charge in [-0.3, -0.25) is 9.59 Å². The molecule has 0 aromatic rings. The molecule has 3 rings (SSSR count). The molecule has 0 unspecified atom stereocenters. The zero-order valence-electron chi connectivity index (χ0n) is 14.3. The number of hydrogen-bond acceptors (Lipinski definition) is 3. The highest BCUT2D eigenvalue weighted by Crippen LogP contribution is 2.30. The van der Waals surface area contributed by atoms with Crippen LogP contribution in [0, 0.1) is 5.92 Å². The van der Waals surface area contributed by atoms with Gasteiger partial charge in [0.1, 0.15) is 0 Å². The van der Waals surface area contributed by atoms with Gasteiger partial charge in [0.15, 0.2) is 0 Å². The lowest BCUT2D eigenvalue weighted by Crippen LogP contribution is -2.49. The number of carbonyl (C=O) groups excluding carboxylic acids is 2. The minimum atomic E-state index is 0.0517. The number of rotatable bonds is 3. The van der Waals surface area contributed by atoms with Gasteiger partial charge in [-0.05, 0) is 51.4 Å². The third-order valence-corrected chi connectivity index (χ3v) is 5.74. The van der Waals surface area contributed by atoms with Gasteiger partial charge in [-0.25, -0.2) is 0 Å². The van der Waals surface area contributed by atoms with Crippen molar-refractivity contribution in [2.45, 2.75) is 70.4 Å². The summed E-state index contributed by atoms with van der Waals surface area (Å²) in [5.74, 6) is 0.527. The highest BCUT2D eigenvalue weighted by Gasteiger charge is 2.35. The monoisotopic (exact) mass is 322 g/mol. The molecule has 1 saturated carbocycles. The van der Waals surface area contributed by atoms with E-state index in [-0.39, 0.29) is 17.7 Å². The summed E-state index contributed by atoms with van der Waals surface area (Å²) in [5, 5.41) is 0. The molecule has 0 aromatic heterocycles. The van der Waals surface area contributed by atoms with Gasteiger partial charge in [-0.2, -0.15) is 0 Å². The minimum Gasteiger partial charge on any atom is -0.381 e. The normalized spacial score (nSPS) is 29.5. The first-order chi connectivity index (χ1) is 11.2. The first-order valence-corrected chi connectivity index (χ1v) is 9.32. The van der Waals surface area contributed by atoms with Crippen LogP contribution in [-0.4, -0.2) is 60.0 Å². The molecule has 0 N–H and O–H groups in total. The van der Waals surface area contributed by atoms with Crippen molar-refractivity contribution in [2.75, 3.05) is 26.3 Å². The Kier molecular flexibility index (Phi) is 5.57. The molecule has 2 heterocycles. The molecule has 2 atom stereocenters. The van der Waals surface area contributed by atoms with Crippen LogP contribution < -0.4 is 0 Å². The topological polar surface area (TPSA) is 49.9 Å². The van der Waals surface area contributed by atoms with Gasteiger partial charge < -0.3 is 14.5 Å². The molecule has 0 aromatic carbocycles. The molecule has 3 aliphatic rings. The number of hydrogen-bond donors (Lipinski definition) is 0. The van der Waals surface area contributed by atoms with Crippen LogP contribution in [0.25, 0.3) is 0 Å². The summed E-state index contributed by atoms with van der Waals surface area (Å²) in [6, 6.07) is 0.768. The van der Waals surface area contributed by atoms with Crippen LogP contribution in [0.15, 0.2) is 0 Å². The predicted octanol–water partition coefficient (Wildman–Crippen LogP) is 2.20. The van der Waals surface area contributed by atoms with Gasteiger partial charge in [0.25, 0.3) is 0 Å². The van der Waals surface area contributed by atoms with Gasteiger partial charge in [0, 0.05) is 38.7 Å². The van der Waals surface area contributed by atoms with Crippen molar-refractivity contribution in [3.63, 3.8) is 0 Å². The quantitative estimate of drug-likeness (QED) is 0.800. The lowest BCUT2D eigenvalue weighted by atomic mass is 9.89. The number of nitrogens with zero attached hydrogens (tertiary/aromatic N) is 2. The zero-order valence-corrected chi connectivity index (χ0v) is 14.3. The molecule has 0 radical (unpaired) electrons. The van der Waals surface area contributed by atoms with E-state index in [1.165, 1.54) is 6.42 Å². The van der Waals surface area contributed by atoms with Gasteiger partial charge in [0.05, 0.1) is 12.5 Å². The molecule has 2 amide bonds. The van der Waals surface area contributed by atoms with Crippen LogP contribution >= 0.6 is 0 Å². The van der Waals surface area contributed by atoms with Crippen LogP contribution in [0.1, 0.15) is 58.3 Å². The van der Waals surface area contributed by atoms with Crippen LogP contribution in [0.5, 0.6) is 0 Å². The Hall–Kier alpha value is -1.10. The lowest BCUT2D eigenvalue weighted by Gasteiger charge is -2.42. The maximum Gasteiger partial charge on any atom is 0.228 e. The summed E-state index contributed by atoms with van der Waals surface area (Å²) < 4.78 is 5.47. The van der Waals surface area contributed by atoms with Gasteiger partial charge in [0.2, 0.25) is 11.8 Å². The molecule has 130 valence electrons. The predicted molar refractivity (Wildman–Crippen MR) is 87.9 cm³/mol. The Bertz CT molecular complexity index is 430. The van der Waals surface area contributed by atoms with Crippen molar-refractivity contribution in [3.8, 4) is 0 Å². The van der Waals surface area contributed by atoms with Crippen LogP contribution in [0.4, 0.5) is 0 Å². The van der Waals surface area contributed by atoms with Gasteiger partial charge in [-0.15, -0.1) is 0 Å². The number of likely N-dealkylation sites (tertiary alicyclic amines) is 1. The molecule has 23 heavy (non-hydrogen) atoms. The van der Waals surface area contributed by atoms with Crippen molar-refractivity contribution < 1.29 is 14.3 Å². The largest absolute Gasteiger partial charge is 0.381 e. The van der Waals surface area contributed by atoms with Crippen molar-refractivity contribution in [1.82, 2.24) is 9.80 Å². The van der Waals surface area contributed by atoms with E-state index in [0.29, 0.717) is 18.7 Å². The fourth-order valence-electron chi connectivity index (χ4n) is 4.25. The van der Waals surface area contributed by atoms with E-state index < -0.39 is 0 Å². The van der Waals surface area contributed by atoms with Crippen LogP contribution in [0.2, 0.25) is 0 Å². The molecule has 3 fully saturated rings. The summed E-state index contributed by atoms with van der Waals surface area (Å²) >= 11 is 0. The maximum absolute atomic E-state index is 12.7. The Morgan fingerprint density at radius 3 is 2.30 bits per heavy atom.